The highest BCUT2D eigenvalue weighted by Gasteiger charge is 2.29. The van der Waals surface area contributed by atoms with Crippen LogP contribution in [-0.2, 0) is 36.0 Å². The van der Waals surface area contributed by atoms with Crippen molar-refractivity contribution in [2.24, 2.45) is 0 Å². The van der Waals surface area contributed by atoms with Gasteiger partial charge in [-0.3, -0.25) is 9.59 Å². The number of hydrogen-bond acceptors (Lipinski definition) is 7. The number of unbranched alkanes of at least 4 members (excludes halogenated alkanes) is 1. The third kappa shape index (κ3) is 7.80. The van der Waals surface area contributed by atoms with Gasteiger partial charge in [0.1, 0.15) is 12.4 Å². The van der Waals surface area contributed by atoms with E-state index in [0.29, 0.717) is 60.5 Å². The van der Waals surface area contributed by atoms with Crippen molar-refractivity contribution < 1.29 is 27.9 Å². The number of aromatic nitrogens is 2. The summed E-state index contributed by atoms with van der Waals surface area (Å²) in [6.07, 6.45) is 4.62. The molecule has 1 aliphatic heterocycles. The molecule has 11 heteroatoms. The fourth-order valence-electron chi connectivity index (χ4n) is 7.05. The van der Waals surface area contributed by atoms with Crippen molar-refractivity contribution in [1.29, 1.82) is 0 Å². The van der Waals surface area contributed by atoms with Crippen molar-refractivity contribution in [2.45, 2.75) is 50.7 Å². The first-order valence-electron chi connectivity index (χ1n) is 18.3. The zero-order chi connectivity index (χ0) is 38.5. The normalized spacial score (nSPS) is 12.7. The van der Waals surface area contributed by atoms with Crippen LogP contribution in [0.2, 0.25) is 0 Å². The second-order valence-corrected chi connectivity index (χ2v) is 15.2. The lowest BCUT2D eigenvalue weighted by Gasteiger charge is -2.29. The minimum atomic E-state index is -4.27. The van der Waals surface area contributed by atoms with E-state index >= 15 is 0 Å². The van der Waals surface area contributed by atoms with Gasteiger partial charge in [-0.25, -0.2) is 17.8 Å². The average Bonchev–Trinajstić information content (AvgIpc) is 3.59. The van der Waals surface area contributed by atoms with Crippen LogP contribution in [0.5, 0.6) is 5.75 Å². The fourth-order valence-corrected chi connectivity index (χ4v) is 8.06. The van der Waals surface area contributed by atoms with Crippen LogP contribution in [0.1, 0.15) is 63.0 Å². The lowest BCUT2D eigenvalue weighted by Crippen LogP contribution is -2.36. The lowest BCUT2D eigenvalue weighted by molar-refractivity contribution is 0.0735. The van der Waals surface area contributed by atoms with E-state index in [9.17, 15) is 23.1 Å². The number of hydrogen-bond donors (Lipinski definition) is 2. The molecule has 55 heavy (non-hydrogen) atoms. The molecule has 0 bridgehead atoms. The quantitative estimate of drug-likeness (QED) is 0.118. The molecule has 0 spiro atoms. The largest absolute Gasteiger partial charge is 0.490 e. The predicted octanol–water partition coefficient (Wildman–Crippen LogP) is 7.41. The van der Waals surface area contributed by atoms with Crippen molar-refractivity contribution in [1.82, 2.24) is 19.4 Å². The van der Waals surface area contributed by atoms with E-state index in [1.807, 2.05) is 60.7 Å². The van der Waals surface area contributed by atoms with Gasteiger partial charge in [0.25, 0.3) is 21.8 Å². The van der Waals surface area contributed by atoms with E-state index in [2.05, 4.69) is 24.3 Å². The standard InChI is InChI=1S/C44H42N4O6S/c1-3-5-14-41-42(40(29-49)45-48(41)35-17-19-36(20-18-35)54-25-4-2)38-22-16-33(27-39(38)44(51)47-24-23-31-11-7-9-13-34(31)28-47)43(50)46-55(52,53)37-21-15-30-10-6-8-12-32(30)26-37/h4,6-13,15-22,26-27,49H,2-3,5,14,23-25,28-29H2,1H3,(H,46,50). The molecule has 2 heterocycles. The predicted molar refractivity (Wildman–Crippen MR) is 213 cm³/mol. The van der Waals surface area contributed by atoms with E-state index in [1.165, 1.54) is 29.8 Å². The Morgan fingerprint density at radius 2 is 1.67 bits per heavy atom. The summed E-state index contributed by atoms with van der Waals surface area (Å²) in [5, 5.41) is 17.2. The number of nitrogens with one attached hydrogen (secondary N) is 1. The summed E-state index contributed by atoms with van der Waals surface area (Å²) < 4.78 is 36.7. The third-order valence-corrected chi connectivity index (χ3v) is 11.2. The van der Waals surface area contributed by atoms with Gasteiger partial charge in [-0.15, -0.1) is 0 Å². The number of aliphatic hydroxyl groups excluding tert-OH is 1. The molecule has 0 unspecified atom stereocenters. The molecule has 5 aromatic carbocycles. The Bertz CT molecular complexity index is 2510. The molecule has 1 aromatic heterocycles. The first-order chi connectivity index (χ1) is 26.7. The highest BCUT2D eigenvalue weighted by atomic mass is 32.2. The topological polar surface area (TPSA) is 131 Å². The number of ether oxygens (including phenoxy) is 1. The Labute approximate surface area is 320 Å². The molecule has 1 aliphatic rings. The van der Waals surface area contributed by atoms with Crippen LogP contribution in [0.4, 0.5) is 0 Å². The number of benzene rings is 5. The van der Waals surface area contributed by atoms with Gasteiger partial charge in [-0.1, -0.05) is 86.7 Å². The number of nitrogens with zero attached hydrogens (tertiary/aromatic N) is 3. The number of carbonyl (C=O) groups is 2. The maximum atomic E-state index is 14.7. The molecule has 10 nitrogen and oxygen atoms in total. The monoisotopic (exact) mass is 754 g/mol. The molecular formula is C44H42N4O6S. The van der Waals surface area contributed by atoms with E-state index in [-0.39, 0.29) is 21.9 Å². The summed E-state index contributed by atoms with van der Waals surface area (Å²) in [6, 6.07) is 32.1. The van der Waals surface area contributed by atoms with Crippen LogP contribution in [0.3, 0.4) is 0 Å². The Balaban J connectivity index is 1.32. The summed E-state index contributed by atoms with van der Waals surface area (Å²) >= 11 is 0. The summed E-state index contributed by atoms with van der Waals surface area (Å²) in [5.74, 6) is -0.528. The highest BCUT2D eigenvalue weighted by Crippen LogP contribution is 2.36. The van der Waals surface area contributed by atoms with Crippen LogP contribution in [0.25, 0.3) is 27.6 Å². The summed E-state index contributed by atoms with van der Waals surface area (Å²) in [4.78, 5) is 30.2. The maximum absolute atomic E-state index is 14.7. The summed E-state index contributed by atoms with van der Waals surface area (Å²) in [7, 11) is -4.27. The van der Waals surface area contributed by atoms with Gasteiger partial charge in [-0.05, 0) is 95.3 Å². The Morgan fingerprint density at radius 3 is 2.42 bits per heavy atom. The fraction of sp³-hybridized carbons (Fsp3) is 0.205. The number of sulfonamides is 1. The summed E-state index contributed by atoms with van der Waals surface area (Å²) in [5.41, 5.74) is 5.40. The lowest BCUT2D eigenvalue weighted by atomic mass is 9.92. The molecule has 0 atom stereocenters. The Morgan fingerprint density at radius 1 is 0.927 bits per heavy atom. The smallest absolute Gasteiger partial charge is 0.265 e. The van der Waals surface area contributed by atoms with Crippen molar-refractivity contribution in [3.8, 4) is 22.6 Å². The molecule has 0 saturated heterocycles. The number of rotatable bonds is 13. The number of amides is 2. The molecule has 6 aromatic rings. The minimum absolute atomic E-state index is 0.00275. The number of fused-ring (bicyclic) bond motifs is 2. The Kier molecular flexibility index (Phi) is 10.9. The molecular weight excluding hydrogens is 713 g/mol. The number of aliphatic hydroxyl groups is 1. The van der Waals surface area contributed by atoms with Gasteiger partial charge in [0, 0.05) is 29.8 Å². The van der Waals surface area contributed by atoms with Crippen LogP contribution in [-0.4, -0.2) is 53.2 Å². The number of carbonyl (C=O) groups excluding carboxylic acids is 2. The summed E-state index contributed by atoms with van der Waals surface area (Å²) in [6.45, 7) is 6.58. The first kappa shape index (κ1) is 37.3. The second kappa shape index (κ2) is 16.1. The zero-order valence-electron chi connectivity index (χ0n) is 30.6. The van der Waals surface area contributed by atoms with Gasteiger partial charge in [0.05, 0.1) is 28.6 Å². The van der Waals surface area contributed by atoms with Gasteiger partial charge >= 0.3 is 0 Å². The molecule has 7 rings (SSSR count). The highest BCUT2D eigenvalue weighted by molar-refractivity contribution is 7.90. The molecule has 0 radical (unpaired) electrons. The average molecular weight is 755 g/mol. The van der Waals surface area contributed by atoms with Crippen LogP contribution in [0, 0.1) is 0 Å². The van der Waals surface area contributed by atoms with E-state index < -0.39 is 22.5 Å². The van der Waals surface area contributed by atoms with Crippen molar-refractivity contribution in [3.63, 3.8) is 0 Å². The zero-order valence-corrected chi connectivity index (χ0v) is 31.4. The van der Waals surface area contributed by atoms with E-state index in [4.69, 9.17) is 9.84 Å². The van der Waals surface area contributed by atoms with Crippen LogP contribution < -0.4 is 9.46 Å². The molecule has 2 N–H and O–H groups in total. The van der Waals surface area contributed by atoms with Gasteiger partial charge in [0.2, 0.25) is 0 Å². The Hall–Kier alpha value is -6.04. The van der Waals surface area contributed by atoms with Gasteiger partial charge in [0.15, 0.2) is 0 Å². The SMILES string of the molecule is C=CCOc1ccc(-n2nc(CO)c(-c3ccc(C(=O)NS(=O)(=O)c4ccc5ccccc5c4)cc3C(=O)N3CCc4ccccc4C3)c2CCCC)cc1. The van der Waals surface area contributed by atoms with Gasteiger partial charge < -0.3 is 14.7 Å². The second-order valence-electron chi connectivity index (χ2n) is 13.5. The van der Waals surface area contributed by atoms with E-state index in [1.54, 1.807) is 33.9 Å². The van der Waals surface area contributed by atoms with Gasteiger partial charge in [-0.2, -0.15) is 5.10 Å². The maximum Gasteiger partial charge on any atom is 0.265 e. The first-order valence-corrected chi connectivity index (χ1v) is 19.8. The van der Waals surface area contributed by atoms with Crippen LogP contribution in [0.15, 0.2) is 127 Å². The molecule has 280 valence electrons. The van der Waals surface area contributed by atoms with Crippen molar-refractivity contribution in [2.75, 3.05) is 13.2 Å². The third-order valence-electron chi connectivity index (χ3n) is 9.88. The van der Waals surface area contributed by atoms with E-state index in [0.717, 1.165) is 35.2 Å². The van der Waals surface area contributed by atoms with Crippen LogP contribution >= 0.6 is 0 Å². The molecule has 0 fully saturated rings. The minimum Gasteiger partial charge on any atom is -0.490 e. The van der Waals surface area contributed by atoms with Crippen molar-refractivity contribution in [3.05, 3.63) is 155 Å². The molecule has 0 aliphatic carbocycles. The molecule has 0 saturated carbocycles. The van der Waals surface area contributed by atoms with Crippen molar-refractivity contribution >= 4 is 32.6 Å². The molecule has 2 amide bonds.